The van der Waals surface area contributed by atoms with Crippen LogP contribution in [0.4, 0.5) is 10.5 Å². The predicted molar refractivity (Wildman–Crippen MR) is 65.3 cm³/mol. The number of halogens is 2. The maximum absolute atomic E-state index is 11.2. The Kier molecular flexibility index (Phi) is 5.08. The van der Waals surface area contributed by atoms with E-state index in [0.29, 0.717) is 5.69 Å². The van der Waals surface area contributed by atoms with Gasteiger partial charge in [-0.1, -0.05) is 35.0 Å². The lowest BCUT2D eigenvalue weighted by Crippen LogP contribution is -2.12. The Morgan fingerprint density at radius 3 is 2.81 bits per heavy atom. The monoisotopic (exact) mass is 260 g/mol. The van der Waals surface area contributed by atoms with Gasteiger partial charge in [-0.25, -0.2) is 4.79 Å². The topological polar surface area (TPSA) is 50.7 Å². The van der Waals surface area contributed by atoms with Gasteiger partial charge in [0, 0.05) is 5.69 Å². The highest BCUT2D eigenvalue weighted by atomic mass is 35.5. The summed E-state index contributed by atoms with van der Waals surface area (Å²) in [6, 6.07) is 7.29. The highest BCUT2D eigenvalue weighted by Crippen LogP contribution is 2.13. The molecular formula is C10H10Cl2N2O2. The van der Waals surface area contributed by atoms with E-state index >= 15 is 0 Å². The number of carbonyl (C=O) groups is 1. The third-order valence-electron chi connectivity index (χ3n) is 1.72. The number of nitrogens with one attached hydrogen (secondary N) is 1. The summed E-state index contributed by atoms with van der Waals surface area (Å²) in [6.45, 7) is 1.87. The van der Waals surface area contributed by atoms with Crippen molar-refractivity contribution in [2.75, 3.05) is 11.2 Å². The fourth-order valence-electron chi connectivity index (χ4n) is 0.961. The van der Waals surface area contributed by atoms with E-state index in [-0.39, 0.29) is 11.1 Å². The van der Waals surface area contributed by atoms with Gasteiger partial charge in [-0.2, -0.15) is 0 Å². The molecule has 1 aromatic rings. The van der Waals surface area contributed by atoms with E-state index in [1.165, 1.54) is 0 Å². The summed E-state index contributed by atoms with van der Waals surface area (Å²) < 4.78 is 0. The molecule has 1 amide bonds. The van der Waals surface area contributed by atoms with Crippen LogP contribution in [0.1, 0.15) is 5.56 Å². The molecule has 0 saturated heterocycles. The van der Waals surface area contributed by atoms with Gasteiger partial charge in [0.2, 0.25) is 0 Å². The quantitative estimate of drug-likeness (QED) is 0.392. The number of hydrogen-bond acceptors (Lipinski definition) is 3. The van der Waals surface area contributed by atoms with Gasteiger partial charge in [-0.15, -0.1) is 11.6 Å². The first-order chi connectivity index (χ1) is 7.63. The van der Waals surface area contributed by atoms with Crippen LogP contribution in [-0.2, 0) is 4.84 Å². The van der Waals surface area contributed by atoms with Crippen LogP contribution in [0.15, 0.2) is 29.4 Å². The average Bonchev–Trinajstić information content (AvgIpc) is 2.29. The molecule has 0 atom stereocenters. The van der Waals surface area contributed by atoms with E-state index < -0.39 is 6.09 Å². The average molecular weight is 261 g/mol. The molecule has 0 bridgehead atoms. The van der Waals surface area contributed by atoms with Crippen LogP contribution in [0.5, 0.6) is 0 Å². The minimum Gasteiger partial charge on any atom is -0.297 e. The molecule has 0 radical (unpaired) electrons. The van der Waals surface area contributed by atoms with Crippen molar-refractivity contribution < 1.29 is 9.63 Å². The molecule has 1 N–H and O–H groups in total. The first-order valence-corrected chi connectivity index (χ1v) is 5.36. The number of para-hydroxylation sites is 1. The van der Waals surface area contributed by atoms with E-state index in [2.05, 4.69) is 15.3 Å². The van der Waals surface area contributed by atoms with E-state index in [4.69, 9.17) is 23.2 Å². The Morgan fingerprint density at radius 2 is 2.19 bits per heavy atom. The van der Waals surface area contributed by atoms with Gasteiger partial charge in [0.25, 0.3) is 0 Å². The fraction of sp³-hybridized carbons (Fsp3) is 0.200. The standard InChI is InChI=1S/C10H10Cl2N2O2/c1-7-4-2-3-5-8(7)13-10(15)16-14-9(12)6-11/h2-5H,6H2,1H3,(H,13,15)/b14-9-. The lowest BCUT2D eigenvalue weighted by molar-refractivity contribution is 0.167. The zero-order valence-corrected chi connectivity index (χ0v) is 10.0. The second-order valence-corrected chi connectivity index (χ2v) is 3.62. The molecule has 0 heterocycles. The molecule has 0 fully saturated rings. The largest absolute Gasteiger partial charge is 0.437 e. The summed E-state index contributed by atoms with van der Waals surface area (Å²) in [5.74, 6) is -0.000793. The van der Waals surface area contributed by atoms with Crippen LogP contribution in [0.25, 0.3) is 0 Å². The zero-order chi connectivity index (χ0) is 12.0. The number of aryl methyl sites for hydroxylation is 1. The minimum atomic E-state index is -0.711. The third-order valence-corrected chi connectivity index (χ3v) is 2.31. The zero-order valence-electron chi connectivity index (χ0n) is 8.54. The van der Waals surface area contributed by atoms with Crippen molar-refractivity contribution in [1.82, 2.24) is 0 Å². The second-order valence-electron chi connectivity index (χ2n) is 2.92. The summed E-state index contributed by atoms with van der Waals surface area (Å²) in [5.41, 5.74) is 1.58. The number of oxime groups is 1. The summed E-state index contributed by atoms with van der Waals surface area (Å²) in [7, 11) is 0. The summed E-state index contributed by atoms with van der Waals surface area (Å²) in [4.78, 5) is 15.7. The molecule has 0 aromatic heterocycles. The van der Waals surface area contributed by atoms with E-state index in [1.807, 2.05) is 19.1 Å². The van der Waals surface area contributed by atoms with Gasteiger partial charge in [0.15, 0.2) is 5.17 Å². The van der Waals surface area contributed by atoms with Crippen molar-refractivity contribution in [3.8, 4) is 0 Å². The van der Waals surface area contributed by atoms with Crippen LogP contribution >= 0.6 is 23.2 Å². The molecule has 0 unspecified atom stereocenters. The molecular weight excluding hydrogens is 251 g/mol. The summed E-state index contributed by atoms with van der Waals surface area (Å²) in [5, 5.41) is 5.84. The Labute approximate surface area is 103 Å². The number of anilines is 1. The molecule has 0 spiro atoms. The SMILES string of the molecule is Cc1ccccc1NC(=O)O/N=C(\Cl)CCl. The molecule has 16 heavy (non-hydrogen) atoms. The normalized spacial score (nSPS) is 11.1. The van der Waals surface area contributed by atoms with Crippen molar-refractivity contribution in [1.29, 1.82) is 0 Å². The number of hydrogen-bond donors (Lipinski definition) is 1. The fourth-order valence-corrected chi connectivity index (χ4v) is 1.04. The number of rotatable bonds is 3. The Balaban J connectivity index is 2.56. The van der Waals surface area contributed by atoms with E-state index in [0.717, 1.165) is 5.56 Å². The van der Waals surface area contributed by atoms with Gasteiger partial charge >= 0.3 is 6.09 Å². The van der Waals surface area contributed by atoms with E-state index in [1.54, 1.807) is 12.1 Å². The Hall–Kier alpha value is -1.26. The van der Waals surface area contributed by atoms with Crippen molar-refractivity contribution in [3.63, 3.8) is 0 Å². The van der Waals surface area contributed by atoms with Crippen LogP contribution < -0.4 is 5.32 Å². The van der Waals surface area contributed by atoms with Crippen LogP contribution in [-0.4, -0.2) is 17.1 Å². The summed E-state index contributed by atoms with van der Waals surface area (Å²) in [6.07, 6.45) is -0.711. The highest BCUT2D eigenvalue weighted by molar-refractivity contribution is 6.69. The number of carbonyl (C=O) groups excluding carboxylic acids is 1. The number of amides is 1. The Morgan fingerprint density at radius 1 is 1.50 bits per heavy atom. The first kappa shape index (κ1) is 12.8. The molecule has 1 aromatic carbocycles. The number of benzene rings is 1. The maximum atomic E-state index is 11.2. The number of alkyl halides is 1. The molecule has 0 saturated carbocycles. The molecule has 1 rings (SSSR count). The molecule has 86 valence electrons. The van der Waals surface area contributed by atoms with Crippen molar-refractivity contribution in [2.24, 2.45) is 5.16 Å². The second kappa shape index (κ2) is 6.35. The number of nitrogens with zero attached hydrogens (tertiary/aromatic N) is 1. The van der Waals surface area contributed by atoms with Crippen molar-refractivity contribution in [2.45, 2.75) is 6.92 Å². The van der Waals surface area contributed by atoms with Crippen LogP contribution in [0, 0.1) is 6.92 Å². The molecule has 0 aliphatic rings. The van der Waals surface area contributed by atoms with Gasteiger partial charge in [-0.05, 0) is 18.6 Å². The van der Waals surface area contributed by atoms with Crippen LogP contribution in [0.2, 0.25) is 0 Å². The molecule has 6 heteroatoms. The Bertz CT molecular complexity index is 408. The summed E-state index contributed by atoms with van der Waals surface area (Å²) >= 11 is 10.8. The lowest BCUT2D eigenvalue weighted by atomic mass is 10.2. The smallest absolute Gasteiger partial charge is 0.297 e. The van der Waals surface area contributed by atoms with Gasteiger partial charge in [-0.3, -0.25) is 10.2 Å². The minimum absolute atomic E-state index is 0.000793. The van der Waals surface area contributed by atoms with Gasteiger partial charge in [0.1, 0.15) is 0 Å². The van der Waals surface area contributed by atoms with Crippen LogP contribution in [0.3, 0.4) is 0 Å². The van der Waals surface area contributed by atoms with Crippen molar-refractivity contribution >= 4 is 40.2 Å². The molecule has 0 aliphatic heterocycles. The maximum Gasteiger partial charge on any atom is 0.437 e. The van der Waals surface area contributed by atoms with Gasteiger partial charge in [0.05, 0.1) is 5.88 Å². The molecule has 4 nitrogen and oxygen atoms in total. The highest BCUT2D eigenvalue weighted by Gasteiger charge is 2.05. The van der Waals surface area contributed by atoms with Gasteiger partial charge < -0.3 is 0 Å². The van der Waals surface area contributed by atoms with Crippen molar-refractivity contribution in [3.05, 3.63) is 29.8 Å². The molecule has 0 aliphatic carbocycles. The third kappa shape index (κ3) is 4.08. The lowest BCUT2D eigenvalue weighted by Gasteiger charge is -2.05. The predicted octanol–water partition coefficient (Wildman–Crippen LogP) is 3.33. The first-order valence-electron chi connectivity index (χ1n) is 4.45. The van der Waals surface area contributed by atoms with E-state index in [9.17, 15) is 4.79 Å².